The van der Waals surface area contributed by atoms with Gasteiger partial charge in [0.2, 0.25) is 0 Å². The standard InChI is InChI=1S/C14H17Cl2NO3S/c1-5-6-17(14(2,3)4)13(18)10-7-11(15)9-12(8-10)21(16,19)20/h5,7-9H,1,6H2,2-4H3. The van der Waals surface area contributed by atoms with Gasteiger partial charge in [-0.2, -0.15) is 0 Å². The number of hydrogen-bond donors (Lipinski definition) is 0. The first-order valence-corrected chi connectivity index (χ1v) is 8.83. The molecule has 0 aliphatic carbocycles. The van der Waals surface area contributed by atoms with Crippen LogP contribution in [0.3, 0.4) is 0 Å². The van der Waals surface area contributed by atoms with Crippen molar-refractivity contribution in [2.24, 2.45) is 0 Å². The second-order valence-corrected chi connectivity index (χ2v) is 8.49. The number of nitrogens with zero attached hydrogens (tertiary/aromatic N) is 1. The van der Waals surface area contributed by atoms with Gasteiger partial charge in [-0.3, -0.25) is 4.79 Å². The smallest absolute Gasteiger partial charge is 0.261 e. The van der Waals surface area contributed by atoms with E-state index in [1.54, 1.807) is 11.0 Å². The monoisotopic (exact) mass is 349 g/mol. The Balaban J connectivity index is 3.35. The van der Waals surface area contributed by atoms with Gasteiger partial charge >= 0.3 is 0 Å². The first kappa shape index (κ1) is 18.0. The van der Waals surface area contributed by atoms with Crippen LogP contribution in [-0.4, -0.2) is 31.3 Å². The lowest BCUT2D eigenvalue weighted by Gasteiger charge is -2.35. The number of carbonyl (C=O) groups is 1. The molecule has 0 heterocycles. The maximum absolute atomic E-state index is 12.6. The van der Waals surface area contributed by atoms with Crippen LogP contribution in [0.15, 0.2) is 35.7 Å². The molecule has 1 aromatic rings. The van der Waals surface area contributed by atoms with E-state index in [1.807, 2.05) is 20.8 Å². The van der Waals surface area contributed by atoms with E-state index in [1.165, 1.54) is 18.2 Å². The highest BCUT2D eigenvalue weighted by atomic mass is 35.7. The van der Waals surface area contributed by atoms with Gasteiger partial charge in [-0.25, -0.2) is 8.42 Å². The predicted molar refractivity (Wildman–Crippen MR) is 85.5 cm³/mol. The average molecular weight is 350 g/mol. The first-order valence-electron chi connectivity index (χ1n) is 6.15. The molecule has 7 heteroatoms. The summed E-state index contributed by atoms with van der Waals surface area (Å²) >= 11 is 5.88. The van der Waals surface area contributed by atoms with Crippen molar-refractivity contribution in [1.82, 2.24) is 4.90 Å². The van der Waals surface area contributed by atoms with Crippen molar-refractivity contribution in [3.05, 3.63) is 41.4 Å². The summed E-state index contributed by atoms with van der Waals surface area (Å²) in [4.78, 5) is 14.0. The maximum atomic E-state index is 12.6. The highest BCUT2D eigenvalue weighted by Crippen LogP contribution is 2.25. The largest absolute Gasteiger partial charge is 0.330 e. The molecule has 0 N–H and O–H groups in total. The van der Waals surface area contributed by atoms with Crippen molar-refractivity contribution < 1.29 is 13.2 Å². The summed E-state index contributed by atoms with van der Waals surface area (Å²) in [6.45, 7) is 9.58. The van der Waals surface area contributed by atoms with Crippen molar-refractivity contribution in [3.63, 3.8) is 0 Å². The van der Waals surface area contributed by atoms with E-state index < -0.39 is 14.6 Å². The molecule has 0 unspecified atom stereocenters. The lowest BCUT2D eigenvalue weighted by Crippen LogP contribution is -2.45. The van der Waals surface area contributed by atoms with Crippen LogP contribution in [0.25, 0.3) is 0 Å². The first-order chi connectivity index (χ1) is 9.46. The van der Waals surface area contributed by atoms with E-state index in [0.717, 1.165) is 0 Å². The fourth-order valence-electron chi connectivity index (χ4n) is 1.77. The summed E-state index contributed by atoms with van der Waals surface area (Å²) in [5, 5.41) is 0.132. The zero-order valence-electron chi connectivity index (χ0n) is 12.1. The van der Waals surface area contributed by atoms with Crippen LogP contribution in [0.2, 0.25) is 5.02 Å². The Bertz CT molecular complexity index is 663. The molecule has 1 amide bonds. The van der Waals surface area contributed by atoms with E-state index in [-0.39, 0.29) is 21.4 Å². The molecule has 0 aliphatic rings. The Morgan fingerprint density at radius 1 is 1.33 bits per heavy atom. The van der Waals surface area contributed by atoms with Crippen LogP contribution in [0.1, 0.15) is 31.1 Å². The van der Waals surface area contributed by atoms with E-state index in [9.17, 15) is 13.2 Å². The van der Waals surface area contributed by atoms with E-state index in [0.29, 0.717) is 6.54 Å². The molecule has 1 rings (SSSR count). The fourth-order valence-corrected chi connectivity index (χ4v) is 2.88. The molecular formula is C14H17Cl2NO3S. The number of hydrogen-bond acceptors (Lipinski definition) is 3. The van der Waals surface area contributed by atoms with Crippen LogP contribution in [-0.2, 0) is 9.05 Å². The van der Waals surface area contributed by atoms with Gasteiger partial charge in [-0.05, 0) is 39.0 Å². The molecule has 0 atom stereocenters. The quantitative estimate of drug-likeness (QED) is 0.615. The lowest BCUT2D eigenvalue weighted by molar-refractivity contribution is 0.0616. The number of amides is 1. The summed E-state index contributed by atoms with van der Waals surface area (Å²) in [6, 6.07) is 3.84. The summed E-state index contributed by atoms with van der Waals surface area (Å²) < 4.78 is 22.8. The Hall–Kier alpha value is -1.04. The summed E-state index contributed by atoms with van der Waals surface area (Å²) in [6.07, 6.45) is 1.60. The third-order valence-electron chi connectivity index (χ3n) is 2.77. The Kier molecular flexibility index (Phi) is 5.47. The highest BCUT2D eigenvalue weighted by molar-refractivity contribution is 8.13. The van der Waals surface area contributed by atoms with Crippen molar-refractivity contribution >= 4 is 37.2 Å². The third kappa shape index (κ3) is 4.73. The molecule has 0 spiro atoms. The van der Waals surface area contributed by atoms with Gasteiger partial charge in [0.15, 0.2) is 0 Å². The van der Waals surface area contributed by atoms with Crippen LogP contribution in [0.5, 0.6) is 0 Å². The topological polar surface area (TPSA) is 54.5 Å². The zero-order chi connectivity index (χ0) is 16.4. The second-order valence-electron chi connectivity index (χ2n) is 5.49. The molecule has 21 heavy (non-hydrogen) atoms. The highest BCUT2D eigenvalue weighted by Gasteiger charge is 2.27. The van der Waals surface area contributed by atoms with Gasteiger partial charge in [0, 0.05) is 33.4 Å². The van der Waals surface area contributed by atoms with Gasteiger partial charge in [0.1, 0.15) is 0 Å². The van der Waals surface area contributed by atoms with Gasteiger partial charge in [-0.1, -0.05) is 17.7 Å². The van der Waals surface area contributed by atoms with Gasteiger partial charge < -0.3 is 4.90 Å². The van der Waals surface area contributed by atoms with Crippen molar-refractivity contribution in [3.8, 4) is 0 Å². The molecule has 0 aliphatic heterocycles. The van der Waals surface area contributed by atoms with E-state index >= 15 is 0 Å². The molecule has 0 aromatic heterocycles. The maximum Gasteiger partial charge on any atom is 0.261 e. The van der Waals surface area contributed by atoms with Gasteiger partial charge in [0.25, 0.3) is 15.0 Å². The Morgan fingerprint density at radius 3 is 2.33 bits per heavy atom. The van der Waals surface area contributed by atoms with Gasteiger partial charge in [0.05, 0.1) is 4.90 Å². The van der Waals surface area contributed by atoms with Crippen molar-refractivity contribution in [2.75, 3.05) is 6.54 Å². The molecule has 0 bridgehead atoms. The summed E-state index contributed by atoms with van der Waals surface area (Å²) in [5.41, 5.74) is -0.286. The van der Waals surface area contributed by atoms with Crippen molar-refractivity contribution in [1.29, 1.82) is 0 Å². The molecule has 0 saturated heterocycles. The molecule has 116 valence electrons. The second kappa shape index (κ2) is 6.38. The minimum Gasteiger partial charge on any atom is -0.330 e. The molecule has 1 aromatic carbocycles. The minimum absolute atomic E-state index is 0.132. The predicted octanol–water partition coefficient (Wildman–Crippen LogP) is 3.69. The number of carbonyl (C=O) groups excluding carboxylic acids is 1. The third-order valence-corrected chi connectivity index (χ3v) is 4.32. The minimum atomic E-state index is -3.96. The summed E-state index contributed by atoms with van der Waals surface area (Å²) in [5.74, 6) is -0.341. The normalized spacial score (nSPS) is 12.0. The summed E-state index contributed by atoms with van der Waals surface area (Å²) in [7, 11) is 1.35. The van der Waals surface area contributed by atoms with Crippen molar-refractivity contribution in [2.45, 2.75) is 31.2 Å². The average Bonchev–Trinajstić information content (AvgIpc) is 2.32. The van der Waals surface area contributed by atoms with E-state index in [4.69, 9.17) is 22.3 Å². The molecular weight excluding hydrogens is 333 g/mol. The van der Waals surface area contributed by atoms with Crippen LogP contribution >= 0.6 is 22.3 Å². The SMILES string of the molecule is C=CCN(C(=O)c1cc(Cl)cc(S(=O)(=O)Cl)c1)C(C)(C)C. The van der Waals surface area contributed by atoms with Crippen LogP contribution in [0.4, 0.5) is 0 Å². The Labute approximate surface area is 134 Å². The molecule has 0 fully saturated rings. The van der Waals surface area contributed by atoms with Crippen LogP contribution < -0.4 is 0 Å². The van der Waals surface area contributed by atoms with Gasteiger partial charge in [-0.15, -0.1) is 6.58 Å². The molecule has 0 radical (unpaired) electrons. The lowest BCUT2D eigenvalue weighted by atomic mass is 10.0. The van der Waals surface area contributed by atoms with E-state index in [2.05, 4.69) is 6.58 Å². The Morgan fingerprint density at radius 2 is 1.90 bits per heavy atom. The number of halogens is 2. The molecule has 0 saturated carbocycles. The molecule has 4 nitrogen and oxygen atoms in total. The zero-order valence-corrected chi connectivity index (χ0v) is 14.4. The fraction of sp³-hybridized carbons (Fsp3) is 0.357. The number of rotatable bonds is 4. The number of benzene rings is 1. The van der Waals surface area contributed by atoms with Crippen LogP contribution in [0, 0.1) is 0 Å².